The standard InChI is InChI=1S/C12H10F/c1-2-9-6-7-10-4-3-5-12(13)11(10)8-9/h3-8H,1-2H2. The van der Waals surface area contributed by atoms with Crippen molar-refractivity contribution in [2.24, 2.45) is 0 Å². The molecule has 0 saturated carbocycles. The lowest BCUT2D eigenvalue weighted by atomic mass is 10.1. The van der Waals surface area contributed by atoms with E-state index in [0.29, 0.717) is 11.8 Å². The van der Waals surface area contributed by atoms with E-state index in [1.807, 2.05) is 24.3 Å². The van der Waals surface area contributed by atoms with Gasteiger partial charge < -0.3 is 0 Å². The first kappa shape index (κ1) is 8.24. The van der Waals surface area contributed by atoms with Crippen molar-refractivity contribution in [3.05, 3.63) is 54.7 Å². The third-order valence-corrected chi connectivity index (χ3v) is 2.18. The number of rotatable bonds is 1. The maximum atomic E-state index is 13.3. The van der Waals surface area contributed by atoms with E-state index < -0.39 is 0 Å². The second-order valence-corrected chi connectivity index (χ2v) is 3.05. The summed E-state index contributed by atoms with van der Waals surface area (Å²) < 4.78 is 13.3. The van der Waals surface area contributed by atoms with Gasteiger partial charge in [0.2, 0.25) is 0 Å². The van der Waals surface area contributed by atoms with Gasteiger partial charge in [-0.05, 0) is 36.4 Å². The van der Waals surface area contributed by atoms with Gasteiger partial charge in [-0.15, -0.1) is 0 Å². The number of hydrogen-bond acceptors (Lipinski definition) is 0. The first-order valence-corrected chi connectivity index (χ1v) is 4.27. The van der Waals surface area contributed by atoms with Gasteiger partial charge in [0.25, 0.3) is 0 Å². The van der Waals surface area contributed by atoms with Gasteiger partial charge in [0, 0.05) is 5.39 Å². The van der Waals surface area contributed by atoms with E-state index >= 15 is 0 Å². The molecule has 0 bridgehead atoms. The van der Waals surface area contributed by atoms with Crippen molar-refractivity contribution in [3.8, 4) is 0 Å². The van der Waals surface area contributed by atoms with Gasteiger partial charge in [-0.2, -0.15) is 0 Å². The topological polar surface area (TPSA) is 0 Å². The molecule has 0 aromatic heterocycles. The lowest BCUT2D eigenvalue weighted by Gasteiger charge is -2.01. The Labute approximate surface area is 77.0 Å². The van der Waals surface area contributed by atoms with Crippen molar-refractivity contribution in [1.82, 2.24) is 0 Å². The molecule has 2 aromatic rings. The monoisotopic (exact) mass is 173 g/mol. The molecule has 0 nitrogen and oxygen atoms in total. The van der Waals surface area contributed by atoms with Crippen LogP contribution in [-0.4, -0.2) is 0 Å². The second kappa shape index (κ2) is 3.17. The maximum absolute atomic E-state index is 13.3. The van der Waals surface area contributed by atoms with E-state index in [9.17, 15) is 4.39 Å². The smallest absolute Gasteiger partial charge is 0.131 e. The first-order valence-electron chi connectivity index (χ1n) is 4.27. The SMILES string of the molecule is [CH2]Cc1ccc2cccc(F)c2c1. The molecule has 0 atom stereocenters. The van der Waals surface area contributed by atoms with E-state index in [-0.39, 0.29) is 5.82 Å². The molecule has 13 heavy (non-hydrogen) atoms. The van der Waals surface area contributed by atoms with Gasteiger partial charge in [0.15, 0.2) is 0 Å². The average molecular weight is 173 g/mol. The number of hydrogen-bond donors (Lipinski definition) is 0. The van der Waals surface area contributed by atoms with Crippen LogP contribution in [0.25, 0.3) is 10.8 Å². The van der Waals surface area contributed by atoms with Crippen LogP contribution in [0.15, 0.2) is 36.4 Å². The molecule has 0 aliphatic rings. The van der Waals surface area contributed by atoms with E-state index in [4.69, 9.17) is 0 Å². The predicted octanol–water partition coefficient (Wildman–Crippen LogP) is 3.36. The third kappa shape index (κ3) is 1.42. The molecule has 0 amide bonds. The van der Waals surface area contributed by atoms with Crippen LogP contribution in [0.3, 0.4) is 0 Å². The Morgan fingerprint density at radius 2 is 2.00 bits per heavy atom. The van der Waals surface area contributed by atoms with Crippen LogP contribution in [0.2, 0.25) is 0 Å². The van der Waals surface area contributed by atoms with Crippen LogP contribution in [0, 0.1) is 12.7 Å². The summed E-state index contributed by atoms with van der Waals surface area (Å²) in [7, 11) is 0. The van der Waals surface area contributed by atoms with Crippen molar-refractivity contribution in [2.45, 2.75) is 6.42 Å². The predicted molar refractivity (Wildman–Crippen MR) is 53.0 cm³/mol. The quantitative estimate of drug-likeness (QED) is 0.620. The molecule has 0 aliphatic carbocycles. The van der Waals surface area contributed by atoms with Gasteiger partial charge in [0.05, 0.1) is 0 Å². The summed E-state index contributed by atoms with van der Waals surface area (Å²) in [5.74, 6) is -0.159. The number of halogens is 1. The second-order valence-electron chi connectivity index (χ2n) is 3.05. The van der Waals surface area contributed by atoms with Crippen LogP contribution in [0.5, 0.6) is 0 Å². The number of benzene rings is 2. The molecule has 0 N–H and O–H groups in total. The fourth-order valence-corrected chi connectivity index (χ4v) is 1.44. The highest BCUT2D eigenvalue weighted by atomic mass is 19.1. The summed E-state index contributed by atoms with van der Waals surface area (Å²) in [5, 5.41) is 1.63. The molecule has 1 radical (unpaired) electrons. The molecular formula is C12H10F. The molecule has 1 heteroatoms. The molecule has 0 unspecified atom stereocenters. The van der Waals surface area contributed by atoms with Gasteiger partial charge in [-0.3, -0.25) is 0 Å². The Balaban J connectivity index is 2.74. The van der Waals surface area contributed by atoms with E-state index in [0.717, 1.165) is 10.9 Å². The van der Waals surface area contributed by atoms with Gasteiger partial charge >= 0.3 is 0 Å². The van der Waals surface area contributed by atoms with Crippen molar-refractivity contribution < 1.29 is 4.39 Å². The summed E-state index contributed by atoms with van der Waals surface area (Å²) in [6.45, 7) is 3.77. The van der Waals surface area contributed by atoms with Crippen LogP contribution < -0.4 is 0 Å². The summed E-state index contributed by atoms with van der Waals surface area (Å²) >= 11 is 0. The van der Waals surface area contributed by atoms with Crippen LogP contribution in [0.1, 0.15) is 5.56 Å². The van der Waals surface area contributed by atoms with Gasteiger partial charge in [-0.25, -0.2) is 4.39 Å². The summed E-state index contributed by atoms with van der Waals surface area (Å²) in [6.07, 6.45) is 0.699. The zero-order chi connectivity index (χ0) is 9.26. The Bertz CT molecular complexity index is 432. The van der Waals surface area contributed by atoms with Crippen LogP contribution in [0.4, 0.5) is 4.39 Å². The van der Waals surface area contributed by atoms with Crippen molar-refractivity contribution >= 4 is 10.8 Å². The average Bonchev–Trinajstić information content (AvgIpc) is 2.18. The largest absolute Gasteiger partial charge is 0.206 e. The minimum absolute atomic E-state index is 0.159. The Morgan fingerprint density at radius 3 is 2.77 bits per heavy atom. The highest BCUT2D eigenvalue weighted by Crippen LogP contribution is 2.19. The fourth-order valence-electron chi connectivity index (χ4n) is 1.44. The van der Waals surface area contributed by atoms with Crippen LogP contribution >= 0.6 is 0 Å². The van der Waals surface area contributed by atoms with Crippen molar-refractivity contribution in [1.29, 1.82) is 0 Å². The summed E-state index contributed by atoms with van der Waals surface area (Å²) in [6, 6.07) is 10.9. The molecular weight excluding hydrogens is 163 g/mol. The van der Waals surface area contributed by atoms with E-state index in [2.05, 4.69) is 6.92 Å². The minimum Gasteiger partial charge on any atom is -0.206 e. The highest BCUT2D eigenvalue weighted by molar-refractivity contribution is 5.83. The normalized spacial score (nSPS) is 10.6. The van der Waals surface area contributed by atoms with Crippen molar-refractivity contribution in [2.75, 3.05) is 0 Å². The molecule has 2 aromatic carbocycles. The molecule has 2 rings (SSSR count). The zero-order valence-corrected chi connectivity index (χ0v) is 7.26. The van der Waals surface area contributed by atoms with E-state index in [1.54, 1.807) is 6.07 Å². The van der Waals surface area contributed by atoms with Crippen molar-refractivity contribution in [3.63, 3.8) is 0 Å². The van der Waals surface area contributed by atoms with Gasteiger partial charge in [-0.1, -0.05) is 24.3 Å². The third-order valence-electron chi connectivity index (χ3n) is 2.18. The minimum atomic E-state index is -0.159. The lowest BCUT2D eigenvalue weighted by molar-refractivity contribution is 0.640. The zero-order valence-electron chi connectivity index (χ0n) is 7.26. The van der Waals surface area contributed by atoms with Crippen LogP contribution in [-0.2, 0) is 6.42 Å². The Kier molecular flexibility index (Phi) is 2.01. The molecule has 0 heterocycles. The summed E-state index contributed by atoms with van der Waals surface area (Å²) in [4.78, 5) is 0. The Morgan fingerprint density at radius 1 is 1.15 bits per heavy atom. The lowest BCUT2D eigenvalue weighted by Crippen LogP contribution is -1.83. The molecule has 0 aliphatic heterocycles. The molecule has 0 fully saturated rings. The van der Waals surface area contributed by atoms with Gasteiger partial charge in [0.1, 0.15) is 5.82 Å². The molecule has 0 saturated heterocycles. The fraction of sp³-hybridized carbons (Fsp3) is 0.0833. The Hall–Kier alpha value is -1.37. The molecule has 65 valence electrons. The van der Waals surface area contributed by atoms with E-state index in [1.165, 1.54) is 6.07 Å². The first-order chi connectivity index (χ1) is 6.31. The highest BCUT2D eigenvalue weighted by Gasteiger charge is 1.99. The summed E-state index contributed by atoms with van der Waals surface area (Å²) in [5.41, 5.74) is 1.07. The molecule has 0 spiro atoms. The number of fused-ring (bicyclic) bond motifs is 1. The maximum Gasteiger partial charge on any atom is 0.131 e.